The molecule has 1 aliphatic heterocycles. The summed E-state index contributed by atoms with van der Waals surface area (Å²) in [6, 6.07) is 2.63. The Bertz CT molecular complexity index is 374. The molecule has 2 rings (SSSR count). The second-order valence-electron chi connectivity index (χ2n) is 4.27. The van der Waals surface area contributed by atoms with Crippen molar-refractivity contribution >= 4 is 5.91 Å². The number of amides is 1. The van der Waals surface area contributed by atoms with Crippen molar-refractivity contribution in [3.05, 3.63) is 29.8 Å². The maximum atomic E-state index is 12.6. The highest BCUT2D eigenvalue weighted by Crippen LogP contribution is 2.10. The topological polar surface area (TPSA) is 54.0 Å². The van der Waals surface area contributed by atoms with Crippen molar-refractivity contribution in [2.75, 3.05) is 19.6 Å². The molecule has 5 heteroatoms. The van der Waals surface area contributed by atoms with Crippen molar-refractivity contribution in [2.45, 2.75) is 12.8 Å². The van der Waals surface area contributed by atoms with E-state index in [-0.39, 0.29) is 11.6 Å². The van der Waals surface area contributed by atoms with Crippen molar-refractivity contribution in [2.24, 2.45) is 5.92 Å². The van der Waals surface area contributed by atoms with Gasteiger partial charge in [0.2, 0.25) is 0 Å². The van der Waals surface area contributed by atoms with Crippen LogP contribution >= 0.6 is 0 Å². The maximum Gasteiger partial charge on any atom is 0.269 e. The Labute approximate surface area is 99.6 Å². The Kier molecular flexibility index (Phi) is 4.03. The summed E-state index contributed by atoms with van der Waals surface area (Å²) in [5.41, 5.74) is 0.260. The first-order valence-electron chi connectivity index (χ1n) is 5.86. The van der Waals surface area contributed by atoms with E-state index >= 15 is 0 Å². The van der Waals surface area contributed by atoms with Crippen molar-refractivity contribution < 1.29 is 9.18 Å². The molecule has 0 radical (unpaired) electrons. The van der Waals surface area contributed by atoms with Gasteiger partial charge in [-0.25, -0.2) is 9.37 Å². The number of pyridine rings is 1. The van der Waals surface area contributed by atoms with E-state index in [2.05, 4.69) is 15.6 Å². The zero-order chi connectivity index (χ0) is 12.1. The van der Waals surface area contributed by atoms with Crippen molar-refractivity contribution in [3.8, 4) is 0 Å². The van der Waals surface area contributed by atoms with Crippen molar-refractivity contribution in [3.63, 3.8) is 0 Å². The number of nitrogens with one attached hydrogen (secondary N) is 2. The second-order valence-corrected chi connectivity index (χ2v) is 4.27. The van der Waals surface area contributed by atoms with Gasteiger partial charge in [-0.15, -0.1) is 0 Å². The number of carbonyl (C=O) groups is 1. The average Bonchev–Trinajstić information content (AvgIpc) is 2.83. The van der Waals surface area contributed by atoms with E-state index < -0.39 is 5.82 Å². The van der Waals surface area contributed by atoms with Crippen LogP contribution in [0, 0.1) is 11.7 Å². The van der Waals surface area contributed by atoms with Gasteiger partial charge >= 0.3 is 0 Å². The molecule has 0 bridgehead atoms. The molecule has 1 aromatic heterocycles. The Hall–Kier alpha value is -1.49. The summed E-state index contributed by atoms with van der Waals surface area (Å²) >= 11 is 0. The van der Waals surface area contributed by atoms with Crippen LogP contribution in [0.15, 0.2) is 18.3 Å². The predicted molar refractivity (Wildman–Crippen MR) is 62.1 cm³/mol. The Morgan fingerprint density at radius 2 is 2.47 bits per heavy atom. The molecule has 1 fully saturated rings. The molecule has 2 N–H and O–H groups in total. The summed E-state index contributed by atoms with van der Waals surface area (Å²) in [6.45, 7) is 2.74. The molecule has 1 aromatic rings. The highest BCUT2D eigenvalue weighted by Gasteiger charge is 2.14. The van der Waals surface area contributed by atoms with Gasteiger partial charge in [-0.05, 0) is 44.0 Å². The quantitative estimate of drug-likeness (QED) is 0.819. The van der Waals surface area contributed by atoms with Crippen LogP contribution < -0.4 is 10.6 Å². The van der Waals surface area contributed by atoms with Gasteiger partial charge in [0, 0.05) is 6.54 Å². The molecule has 1 saturated heterocycles. The monoisotopic (exact) mass is 237 g/mol. The fraction of sp³-hybridized carbons (Fsp3) is 0.500. The molecule has 1 atom stereocenters. The summed E-state index contributed by atoms with van der Waals surface area (Å²) in [5.74, 6) is -0.0222. The largest absolute Gasteiger partial charge is 0.351 e. The second kappa shape index (κ2) is 5.72. The Morgan fingerprint density at radius 1 is 1.59 bits per heavy atom. The van der Waals surface area contributed by atoms with Crippen molar-refractivity contribution in [1.82, 2.24) is 15.6 Å². The minimum atomic E-state index is -0.432. The predicted octanol–water partition coefficient (Wildman–Crippen LogP) is 0.950. The number of aromatic nitrogens is 1. The van der Waals surface area contributed by atoms with Gasteiger partial charge in [0.05, 0.1) is 6.20 Å². The lowest BCUT2D eigenvalue weighted by molar-refractivity contribution is 0.0946. The maximum absolute atomic E-state index is 12.6. The Balaban J connectivity index is 1.75. The zero-order valence-electron chi connectivity index (χ0n) is 9.58. The molecule has 0 spiro atoms. The molecular formula is C12H16FN3O. The molecule has 1 unspecified atom stereocenters. The number of nitrogens with zero attached hydrogens (tertiary/aromatic N) is 1. The lowest BCUT2D eigenvalue weighted by Gasteiger charge is -2.08. The number of rotatable bonds is 4. The summed E-state index contributed by atoms with van der Waals surface area (Å²) in [4.78, 5) is 15.3. The number of hydrogen-bond donors (Lipinski definition) is 2. The number of carbonyl (C=O) groups excluding carboxylic acids is 1. The van der Waals surface area contributed by atoms with E-state index in [1.165, 1.54) is 18.6 Å². The van der Waals surface area contributed by atoms with Gasteiger partial charge in [0.1, 0.15) is 11.5 Å². The SMILES string of the molecule is O=C(NCCC1CCNC1)c1ccc(F)cn1. The smallest absolute Gasteiger partial charge is 0.269 e. The molecular weight excluding hydrogens is 221 g/mol. The molecule has 1 aliphatic rings. The molecule has 17 heavy (non-hydrogen) atoms. The number of hydrogen-bond acceptors (Lipinski definition) is 3. The van der Waals surface area contributed by atoms with Crippen LogP contribution in [0.3, 0.4) is 0 Å². The third kappa shape index (κ3) is 3.49. The highest BCUT2D eigenvalue weighted by atomic mass is 19.1. The van der Waals surface area contributed by atoms with Gasteiger partial charge in [0.15, 0.2) is 0 Å². The minimum absolute atomic E-state index is 0.240. The lowest BCUT2D eigenvalue weighted by Crippen LogP contribution is -2.27. The van der Waals surface area contributed by atoms with E-state index in [9.17, 15) is 9.18 Å². The fourth-order valence-corrected chi connectivity index (χ4v) is 1.95. The van der Waals surface area contributed by atoms with Gasteiger partial charge in [-0.2, -0.15) is 0 Å². The molecule has 1 amide bonds. The van der Waals surface area contributed by atoms with Crippen LogP contribution in [0.2, 0.25) is 0 Å². The van der Waals surface area contributed by atoms with Crippen LogP contribution in [0.4, 0.5) is 4.39 Å². The average molecular weight is 237 g/mol. The molecule has 0 aliphatic carbocycles. The summed E-state index contributed by atoms with van der Waals surface area (Å²) in [7, 11) is 0. The number of halogens is 1. The van der Waals surface area contributed by atoms with Gasteiger partial charge in [-0.1, -0.05) is 0 Å². The summed E-state index contributed by atoms with van der Waals surface area (Å²) < 4.78 is 12.6. The molecule has 4 nitrogen and oxygen atoms in total. The van der Waals surface area contributed by atoms with Gasteiger partial charge in [-0.3, -0.25) is 4.79 Å². The van der Waals surface area contributed by atoms with Crippen LogP contribution in [0.25, 0.3) is 0 Å². The van der Waals surface area contributed by atoms with Gasteiger partial charge < -0.3 is 10.6 Å². The molecule has 92 valence electrons. The van der Waals surface area contributed by atoms with E-state index in [1.807, 2.05) is 0 Å². The van der Waals surface area contributed by atoms with Crippen LogP contribution in [0.5, 0.6) is 0 Å². The first-order valence-corrected chi connectivity index (χ1v) is 5.86. The first-order chi connectivity index (χ1) is 8.25. The first kappa shape index (κ1) is 12.0. The normalized spacial score (nSPS) is 19.2. The van der Waals surface area contributed by atoms with Crippen LogP contribution in [0.1, 0.15) is 23.3 Å². The van der Waals surface area contributed by atoms with Gasteiger partial charge in [0.25, 0.3) is 5.91 Å². The van der Waals surface area contributed by atoms with E-state index in [4.69, 9.17) is 0 Å². The minimum Gasteiger partial charge on any atom is -0.351 e. The van der Waals surface area contributed by atoms with E-state index in [0.717, 1.165) is 25.7 Å². The van der Waals surface area contributed by atoms with Crippen LogP contribution in [-0.2, 0) is 0 Å². The van der Waals surface area contributed by atoms with E-state index in [1.54, 1.807) is 0 Å². The third-order valence-corrected chi connectivity index (χ3v) is 2.96. The standard InChI is InChI=1S/C12H16FN3O/c13-10-1-2-11(16-8-10)12(17)15-6-4-9-3-5-14-7-9/h1-2,8-9,14H,3-7H2,(H,15,17). The highest BCUT2D eigenvalue weighted by molar-refractivity contribution is 5.92. The van der Waals surface area contributed by atoms with Crippen LogP contribution in [-0.4, -0.2) is 30.5 Å². The third-order valence-electron chi connectivity index (χ3n) is 2.96. The fourth-order valence-electron chi connectivity index (χ4n) is 1.95. The zero-order valence-corrected chi connectivity index (χ0v) is 9.58. The van der Waals surface area contributed by atoms with Crippen molar-refractivity contribution in [1.29, 1.82) is 0 Å². The lowest BCUT2D eigenvalue weighted by atomic mass is 10.1. The summed E-state index contributed by atoms with van der Waals surface area (Å²) in [5, 5.41) is 6.08. The van der Waals surface area contributed by atoms with E-state index in [0.29, 0.717) is 12.5 Å². The molecule has 2 heterocycles. The summed E-state index contributed by atoms with van der Waals surface area (Å²) in [6.07, 6.45) is 3.19. The molecule has 0 saturated carbocycles. The Morgan fingerprint density at radius 3 is 3.12 bits per heavy atom. The molecule has 0 aromatic carbocycles.